The van der Waals surface area contributed by atoms with Gasteiger partial charge in [-0.05, 0) is 26.0 Å². The van der Waals surface area contributed by atoms with E-state index in [2.05, 4.69) is 0 Å². The topological polar surface area (TPSA) is 131 Å². The van der Waals surface area contributed by atoms with Crippen molar-refractivity contribution in [3.05, 3.63) is 23.8 Å². The number of carbonyl (C=O) groups is 3. The first-order valence-corrected chi connectivity index (χ1v) is 7.26. The molecule has 3 N–H and O–H groups in total. The van der Waals surface area contributed by atoms with Crippen LogP contribution in [-0.2, 0) is 19.9 Å². The third kappa shape index (κ3) is 5.87. The van der Waals surface area contributed by atoms with Crippen LogP contribution < -0.4 is 14.8 Å². The summed E-state index contributed by atoms with van der Waals surface area (Å²) in [4.78, 5) is 33.7. The fraction of sp³-hybridized carbons (Fsp3) is 0.438. The highest BCUT2D eigenvalue weighted by molar-refractivity contribution is 5.84. The molecule has 0 aromatic heterocycles. The summed E-state index contributed by atoms with van der Waals surface area (Å²) in [6.45, 7) is 3.18. The lowest BCUT2D eigenvalue weighted by Gasteiger charge is -2.27. The molecular weight excluding hydrogens is 334 g/mol. The van der Waals surface area contributed by atoms with Crippen molar-refractivity contribution in [3.8, 4) is 11.5 Å². The van der Waals surface area contributed by atoms with Gasteiger partial charge in [0.25, 0.3) is 0 Å². The third-order valence-electron chi connectivity index (χ3n) is 3.36. The molecule has 1 aromatic carbocycles. The van der Waals surface area contributed by atoms with Crippen LogP contribution in [0.2, 0.25) is 0 Å². The van der Waals surface area contributed by atoms with Crippen LogP contribution >= 0.6 is 0 Å². The quantitative estimate of drug-likeness (QED) is 0.640. The van der Waals surface area contributed by atoms with E-state index in [4.69, 9.17) is 24.4 Å². The monoisotopic (exact) mass is 355 g/mol. The van der Waals surface area contributed by atoms with E-state index in [9.17, 15) is 14.4 Å². The number of amides is 1. The first-order valence-electron chi connectivity index (χ1n) is 7.26. The van der Waals surface area contributed by atoms with Crippen LogP contribution in [0.5, 0.6) is 11.5 Å². The SMILES string of the molecule is COc1cc(OC)cc(C(C)(C)OC(=O)N[C@@H](CC(=O)O)C(=O)O)c1. The molecule has 0 aliphatic rings. The molecule has 25 heavy (non-hydrogen) atoms. The van der Waals surface area contributed by atoms with Gasteiger partial charge in [-0.1, -0.05) is 0 Å². The number of nitrogens with one attached hydrogen (secondary N) is 1. The second kappa shape index (κ2) is 8.22. The summed E-state index contributed by atoms with van der Waals surface area (Å²) in [6.07, 6.45) is -1.82. The summed E-state index contributed by atoms with van der Waals surface area (Å²) < 4.78 is 15.6. The van der Waals surface area contributed by atoms with Crippen LogP contribution in [0.1, 0.15) is 25.8 Å². The lowest BCUT2D eigenvalue weighted by molar-refractivity contribution is -0.145. The van der Waals surface area contributed by atoms with Crippen LogP contribution in [0.15, 0.2) is 18.2 Å². The summed E-state index contributed by atoms with van der Waals surface area (Å²) in [5.74, 6) is -1.86. The van der Waals surface area contributed by atoms with E-state index in [1.807, 2.05) is 5.32 Å². The van der Waals surface area contributed by atoms with Gasteiger partial charge in [0.1, 0.15) is 23.1 Å². The molecular formula is C16H21NO8. The Balaban J connectivity index is 2.94. The maximum atomic E-state index is 12.0. The molecule has 0 spiro atoms. The molecule has 1 aromatic rings. The number of rotatable bonds is 8. The van der Waals surface area contributed by atoms with Crippen LogP contribution in [0, 0.1) is 0 Å². The average Bonchev–Trinajstić information content (AvgIpc) is 2.52. The molecule has 9 heteroatoms. The second-order valence-electron chi connectivity index (χ2n) is 5.63. The van der Waals surface area contributed by atoms with Gasteiger partial charge in [0.15, 0.2) is 0 Å². The van der Waals surface area contributed by atoms with E-state index in [1.165, 1.54) is 14.2 Å². The molecule has 1 atom stereocenters. The van der Waals surface area contributed by atoms with E-state index in [1.54, 1.807) is 32.0 Å². The largest absolute Gasteiger partial charge is 0.497 e. The third-order valence-corrected chi connectivity index (χ3v) is 3.36. The van der Waals surface area contributed by atoms with Crippen molar-refractivity contribution >= 4 is 18.0 Å². The number of aliphatic carboxylic acids is 2. The van der Waals surface area contributed by atoms with Crippen LogP contribution in [0.4, 0.5) is 4.79 Å². The van der Waals surface area contributed by atoms with Crippen LogP contribution in [0.25, 0.3) is 0 Å². The molecule has 0 bridgehead atoms. The number of carboxylic acids is 2. The van der Waals surface area contributed by atoms with Crippen molar-refractivity contribution in [1.82, 2.24) is 5.32 Å². The lowest BCUT2D eigenvalue weighted by atomic mass is 9.97. The lowest BCUT2D eigenvalue weighted by Crippen LogP contribution is -2.44. The molecule has 0 saturated carbocycles. The van der Waals surface area contributed by atoms with Crippen molar-refractivity contribution in [2.45, 2.75) is 31.9 Å². The molecule has 0 heterocycles. The zero-order valence-electron chi connectivity index (χ0n) is 14.4. The molecule has 9 nitrogen and oxygen atoms in total. The van der Waals surface area contributed by atoms with Gasteiger partial charge in [-0.2, -0.15) is 0 Å². The molecule has 0 unspecified atom stereocenters. The highest BCUT2D eigenvalue weighted by Crippen LogP contribution is 2.32. The number of carbonyl (C=O) groups excluding carboxylic acids is 1. The number of benzene rings is 1. The smallest absolute Gasteiger partial charge is 0.408 e. The van der Waals surface area contributed by atoms with E-state index in [0.717, 1.165) is 0 Å². The number of alkyl carbamates (subject to hydrolysis) is 1. The van der Waals surface area contributed by atoms with Crippen LogP contribution in [0.3, 0.4) is 0 Å². The predicted molar refractivity (Wildman–Crippen MR) is 85.9 cm³/mol. The zero-order valence-corrected chi connectivity index (χ0v) is 14.4. The molecule has 0 saturated heterocycles. The molecule has 1 amide bonds. The minimum atomic E-state index is -1.60. The van der Waals surface area contributed by atoms with Crippen molar-refractivity contribution in [3.63, 3.8) is 0 Å². The Morgan fingerprint density at radius 1 is 1.08 bits per heavy atom. The fourth-order valence-electron chi connectivity index (χ4n) is 1.99. The zero-order chi connectivity index (χ0) is 19.2. The van der Waals surface area contributed by atoms with E-state index < -0.39 is 36.1 Å². The van der Waals surface area contributed by atoms with Crippen molar-refractivity contribution < 1.29 is 38.8 Å². The first-order chi connectivity index (χ1) is 11.6. The Morgan fingerprint density at radius 2 is 1.60 bits per heavy atom. The number of ether oxygens (including phenoxy) is 3. The Kier molecular flexibility index (Phi) is 6.60. The number of methoxy groups -OCH3 is 2. The summed E-state index contributed by atoms with van der Waals surface area (Å²) in [7, 11) is 2.95. The Bertz CT molecular complexity index is 633. The molecule has 0 aliphatic carbocycles. The van der Waals surface area contributed by atoms with Gasteiger partial charge in [-0.25, -0.2) is 9.59 Å². The summed E-state index contributed by atoms with van der Waals surface area (Å²) in [6, 6.07) is 3.33. The molecule has 1 rings (SSSR count). The maximum Gasteiger partial charge on any atom is 0.408 e. The van der Waals surface area contributed by atoms with Gasteiger partial charge in [-0.3, -0.25) is 4.79 Å². The fourth-order valence-corrected chi connectivity index (χ4v) is 1.99. The van der Waals surface area contributed by atoms with Crippen LogP contribution in [-0.4, -0.2) is 48.5 Å². The van der Waals surface area contributed by atoms with E-state index >= 15 is 0 Å². The number of hydrogen-bond acceptors (Lipinski definition) is 6. The minimum Gasteiger partial charge on any atom is -0.497 e. The number of hydrogen-bond donors (Lipinski definition) is 3. The standard InChI is InChI=1S/C16H21NO8/c1-16(2,9-5-10(23-3)7-11(6-9)24-4)25-15(22)17-12(14(20)21)8-13(18)19/h5-7,12H,8H2,1-4H3,(H,17,22)(H,18,19)(H,20,21)/t12-/m0/s1. The summed E-state index contributed by atoms with van der Waals surface area (Å²) >= 11 is 0. The van der Waals surface area contributed by atoms with Gasteiger partial charge in [0.05, 0.1) is 20.6 Å². The van der Waals surface area contributed by atoms with Crippen molar-refractivity contribution in [2.24, 2.45) is 0 Å². The molecule has 138 valence electrons. The Morgan fingerprint density at radius 3 is 2.00 bits per heavy atom. The van der Waals surface area contributed by atoms with E-state index in [-0.39, 0.29) is 0 Å². The first kappa shape index (κ1) is 20.1. The Labute approximate surface area is 144 Å². The van der Waals surface area contributed by atoms with Gasteiger partial charge in [0, 0.05) is 11.6 Å². The van der Waals surface area contributed by atoms with Gasteiger partial charge in [-0.15, -0.1) is 0 Å². The number of carboxylic acid groups (broad SMARTS) is 2. The normalized spacial score (nSPS) is 12.0. The molecule has 0 aliphatic heterocycles. The molecule has 0 radical (unpaired) electrons. The van der Waals surface area contributed by atoms with Crippen molar-refractivity contribution in [1.29, 1.82) is 0 Å². The second-order valence-corrected chi connectivity index (χ2v) is 5.63. The molecule has 0 fully saturated rings. The van der Waals surface area contributed by atoms with Gasteiger partial charge >= 0.3 is 18.0 Å². The highest BCUT2D eigenvalue weighted by atomic mass is 16.6. The Hall–Kier alpha value is -2.97. The average molecular weight is 355 g/mol. The van der Waals surface area contributed by atoms with E-state index in [0.29, 0.717) is 17.1 Å². The van der Waals surface area contributed by atoms with Gasteiger partial charge < -0.3 is 29.7 Å². The summed E-state index contributed by atoms with van der Waals surface area (Å²) in [5.41, 5.74) is -0.609. The summed E-state index contributed by atoms with van der Waals surface area (Å²) in [5, 5.41) is 19.7. The maximum absolute atomic E-state index is 12.0. The minimum absolute atomic E-state index is 0.487. The van der Waals surface area contributed by atoms with Crippen molar-refractivity contribution in [2.75, 3.05) is 14.2 Å². The highest BCUT2D eigenvalue weighted by Gasteiger charge is 2.30. The van der Waals surface area contributed by atoms with Gasteiger partial charge in [0.2, 0.25) is 0 Å². The predicted octanol–water partition coefficient (Wildman–Crippen LogP) is 1.59.